The van der Waals surface area contributed by atoms with Crippen molar-refractivity contribution < 1.29 is 4.79 Å². The molecular weight excluding hydrogens is 184 g/mol. The van der Waals surface area contributed by atoms with Crippen LogP contribution in [0.5, 0.6) is 0 Å². The molecule has 74 valence electrons. The fourth-order valence-electron chi connectivity index (χ4n) is 1.90. The van der Waals surface area contributed by atoms with Gasteiger partial charge in [0.25, 0.3) is 0 Å². The van der Waals surface area contributed by atoms with Crippen LogP contribution in [-0.2, 0) is 4.79 Å². The Morgan fingerprint density at radius 3 is 2.92 bits per heavy atom. The summed E-state index contributed by atoms with van der Waals surface area (Å²) in [6.45, 7) is 4.98. The summed E-state index contributed by atoms with van der Waals surface area (Å²) in [5.74, 6) is 1.51. The van der Waals surface area contributed by atoms with Crippen molar-refractivity contribution in [3.8, 4) is 0 Å². The van der Waals surface area contributed by atoms with Crippen molar-refractivity contribution in [1.29, 1.82) is 0 Å². The Balaban J connectivity index is 1.80. The van der Waals surface area contributed by atoms with Crippen LogP contribution in [-0.4, -0.2) is 41.1 Å². The van der Waals surface area contributed by atoms with Crippen LogP contribution >= 0.6 is 11.8 Å². The van der Waals surface area contributed by atoms with Crippen LogP contribution in [0.2, 0.25) is 0 Å². The summed E-state index contributed by atoms with van der Waals surface area (Å²) in [5, 5.41) is 3.47. The summed E-state index contributed by atoms with van der Waals surface area (Å²) in [6, 6.07) is 0. The predicted molar refractivity (Wildman–Crippen MR) is 54.7 cm³/mol. The molecule has 2 heterocycles. The van der Waals surface area contributed by atoms with Gasteiger partial charge in [-0.15, -0.1) is 11.8 Å². The number of nitrogens with one attached hydrogen (secondary N) is 1. The molecule has 0 aromatic heterocycles. The molecule has 0 aromatic rings. The number of nitrogens with zero attached hydrogens (tertiary/aromatic N) is 1. The minimum Gasteiger partial charge on any atom is -0.337 e. The Hall–Kier alpha value is -0.220. The lowest BCUT2D eigenvalue weighted by Gasteiger charge is -2.47. The SMILES string of the molecule is CCCC(=O)N1CC2(C1)NCCS2. The molecule has 2 aliphatic heterocycles. The topological polar surface area (TPSA) is 32.3 Å². The lowest BCUT2D eigenvalue weighted by atomic mass is 10.1. The van der Waals surface area contributed by atoms with Gasteiger partial charge in [-0.05, 0) is 6.42 Å². The molecular formula is C9H16N2OS. The normalized spacial score (nSPS) is 24.8. The quantitative estimate of drug-likeness (QED) is 0.711. The molecule has 0 aliphatic carbocycles. The standard InChI is InChI=1S/C9H16N2OS/c1-2-3-8(12)11-6-9(7-11)10-4-5-13-9/h10H,2-7H2,1H3. The second kappa shape index (κ2) is 3.50. The van der Waals surface area contributed by atoms with Crippen molar-refractivity contribution in [3.05, 3.63) is 0 Å². The third-order valence-electron chi connectivity index (χ3n) is 2.64. The molecule has 2 rings (SSSR count). The fraction of sp³-hybridized carbons (Fsp3) is 0.889. The average molecular weight is 200 g/mol. The van der Waals surface area contributed by atoms with Crippen LogP contribution in [0.1, 0.15) is 19.8 Å². The van der Waals surface area contributed by atoms with Crippen molar-refractivity contribution in [2.45, 2.75) is 24.6 Å². The molecule has 0 saturated carbocycles. The number of hydrogen-bond donors (Lipinski definition) is 1. The lowest BCUT2D eigenvalue weighted by molar-refractivity contribution is -0.136. The van der Waals surface area contributed by atoms with Crippen molar-refractivity contribution in [2.75, 3.05) is 25.4 Å². The van der Waals surface area contributed by atoms with Crippen LogP contribution in [0, 0.1) is 0 Å². The van der Waals surface area contributed by atoms with E-state index < -0.39 is 0 Å². The Labute approximate surface area is 83.2 Å². The smallest absolute Gasteiger partial charge is 0.222 e. The van der Waals surface area contributed by atoms with Crippen molar-refractivity contribution >= 4 is 17.7 Å². The Bertz CT molecular complexity index is 206. The summed E-state index contributed by atoms with van der Waals surface area (Å²) in [5.41, 5.74) is 0. The summed E-state index contributed by atoms with van der Waals surface area (Å²) in [4.78, 5) is 13.7. The number of thioether (sulfide) groups is 1. The van der Waals surface area contributed by atoms with Gasteiger partial charge in [-0.2, -0.15) is 0 Å². The molecule has 1 N–H and O–H groups in total. The van der Waals surface area contributed by atoms with E-state index in [1.54, 1.807) is 0 Å². The van der Waals surface area contributed by atoms with Gasteiger partial charge in [0.15, 0.2) is 0 Å². The Kier molecular flexibility index (Phi) is 2.51. The molecule has 4 heteroatoms. The molecule has 0 bridgehead atoms. The maximum absolute atomic E-state index is 11.5. The summed E-state index contributed by atoms with van der Waals surface area (Å²) in [6.07, 6.45) is 1.67. The van der Waals surface area contributed by atoms with E-state index in [1.807, 2.05) is 16.7 Å². The van der Waals surface area contributed by atoms with Crippen molar-refractivity contribution in [3.63, 3.8) is 0 Å². The molecule has 1 amide bonds. The number of carbonyl (C=O) groups is 1. The zero-order chi connectivity index (χ0) is 9.31. The van der Waals surface area contributed by atoms with Crippen LogP contribution in [0.15, 0.2) is 0 Å². The highest BCUT2D eigenvalue weighted by Crippen LogP contribution is 2.36. The predicted octanol–water partition coefficient (Wildman–Crippen LogP) is 0.661. The fourth-order valence-corrected chi connectivity index (χ4v) is 3.19. The molecule has 2 aliphatic rings. The average Bonchev–Trinajstić information content (AvgIpc) is 2.49. The van der Waals surface area contributed by atoms with Gasteiger partial charge in [0, 0.05) is 18.7 Å². The monoisotopic (exact) mass is 200 g/mol. The first-order valence-corrected chi connectivity index (χ1v) is 5.91. The highest BCUT2D eigenvalue weighted by Gasteiger charge is 2.47. The maximum Gasteiger partial charge on any atom is 0.222 e. The minimum atomic E-state index is 0.239. The highest BCUT2D eigenvalue weighted by atomic mass is 32.2. The number of hydrogen-bond acceptors (Lipinski definition) is 3. The van der Waals surface area contributed by atoms with E-state index in [2.05, 4.69) is 12.2 Å². The van der Waals surface area contributed by atoms with E-state index in [1.165, 1.54) is 5.75 Å². The number of carbonyl (C=O) groups excluding carboxylic acids is 1. The second-order valence-electron chi connectivity index (χ2n) is 3.77. The van der Waals surface area contributed by atoms with E-state index in [0.717, 1.165) is 26.1 Å². The first-order valence-electron chi connectivity index (χ1n) is 4.92. The molecule has 0 radical (unpaired) electrons. The van der Waals surface area contributed by atoms with Crippen LogP contribution in [0.25, 0.3) is 0 Å². The Morgan fingerprint density at radius 2 is 2.38 bits per heavy atom. The van der Waals surface area contributed by atoms with Gasteiger partial charge in [-0.3, -0.25) is 10.1 Å². The molecule has 2 fully saturated rings. The van der Waals surface area contributed by atoms with E-state index in [9.17, 15) is 4.79 Å². The molecule has 1 spiro atoms. The second-order valence-corrected chi connectivity index (χ2v) is 5.25. The Morgan fingerprint density at radius 1 is 1.62 bits per heavy atom. The van der Waals surface area contributed by atoms with Gasteiger partial charge in [0.1, 0.15) is 4.87 Å². The van der Waals surface area contributed by atoms with E-state index >= 15 is 0 Å². The van der Waals surface area contributed by atoms with Gasteiger partial charge >= 0.3 is 0 Å². The first-order chi connectivity index (χ1) is 6.26. The zero-order valence-electron chi connectivity index (χ0n) is 8.01. The third kappa shape index (κ3) is 1.70. The summed E-state index contributed by atoms with van der Waals surface area (Å²) < 4.78 is 0. The van der Waals surface area contributed by atoms with Gasteiger partial charge in [-0.1, -0.05) is 6.92 Å². The van der Waals surface area contributed by atoms with Gasteiger partial charge < -0.3 is 4.90 Å². The maximum atomic E-state index is 11.5. The van der Waals surface area contributed by atoms with Crippen LogP contribution in [0.4, 0.5) is 0 Å². The van der Waals surface area contributed by atoms with E-state index in [4.69, 9.17) is 0 Å². The molecule has 0 unspecified atom stereocenters. The molecule has 3 nitrogen and oxygen atoms in total. The van der Waals surface area contributed by atoms with Gasteiger partial charge in [-0.25, -0.2) is 0 Å². The van der Waals surface area contributed by atoms with Crippen LogP contribution in [0.3, 0.4) is 0 Å². The molecule has 2 saturated heterocycles. The highest BCUT2D eigenvalue weighted by molar-refractivity contribution is 8.01. The van der Waals surface area contributed by atoms with E-state index in [-0.39, 0.29) is 4.87 Å². The lowest BCUT2D eigenvalue weighted by Crippen LogP contribution is -2.66. The third-order valence-corrected chi connectivity index (χ3v) is 4.00. The summed E-state index contributed by atoms with van der Waals surface area (Å²) >= 11 is 1.97. The molecule has 0 aromatic carbocycles. The number of likely N-dealkylation sites (tertiary alicyclic amines) is 1. The first kappa shape index (κ1) is 9.34. The zero-order valence-corrected chi connectivity index (χ0v) is 8.82. The minimum absolute atomic E-state index is 0.239. The van der Waals surface area contributed by atoms with Gasteiger partial charge in [0.05, 0.1) is 13.1 Å². The number of rotatable bonds is 2. The summed E-state index contributed by atoms with van der Waals surface area (Å²) in [7, 11) is 0. The largest absolute Gasteiger partial charge is 0.337 e. The number of amides is 1. The van der Waals surface area contributed by atoms with Crippen LogP contribution < -0.4 is 5.32 Å². The molecule has 0 atom stereocenters. The van der Waals surface area contributed by atoms with E-state index in [0.29, 0.717) is 12.3 Å². The van der Waals surface area contributed by atoms with Crippen molar-refractivity contribution in [1.82, 2.24) is 10.2 Å². The van der Waals surface area contributed by atoms with Crippen molar-refractivity contribution in [2.24, 2.45) is 0 Å². The molecule has 13 heavy (non-hydrogen) atoms. The van der Waals surface area contributed by atoms with Gasteiger partial charge in [0.2, 0.25) is 5.91 Å².